The molecule has 0 heterocycles. The number of para-hydroxylation sites is 1. The maximum Gasteiger partial charge on any atom is 0.265 e. The second kappa shape index (κ2) is 8.17. The van der Waals surface area contributed by atoms with Crippen LogP contribution in [-0.2, 0) is 4.79 Å². The van der Waals surface area contributed by atoms with E-state index in [9.17, 15) is 9.18 Å². The number of amides is 1. The maximum atomic E-state index is 13.6. The summed E-state index contributed by atoms with van der Waals surface area (Å²) in [6.45, 7) is 4.30. The number of hydrogen-bond acceptors (Lipinski definition) is 3. The molecule has 0 aromatic heterocycles. The highest BCUT2D eigenvalue weighted by atomic mass is 19.1. The van der Waals surface area contributed by atoms with Crippen LogP contribution in [-0.4, -0.2) is 18.6 Å². The minimum atomic E-state index is -0.765. The van der Waals surface area contributed by atoms with E-state index in [-0.39, 0.29) is 11.7 Å². The van der Waals surface area contributed by atoms with Gasteiger partial charge in [-0.2, -0.15) is 0 Å². The van der Waals surface area contributed by atoms with Gasteiger partial charge in [-0.25, -0.2) is 4.39 Å². The number of anilines is 1. The molecular formula is C18H20FNO3. The minimum absolute atomic E-state index is 0.0705. The van der Waals surface area contributed by atoms with Crippen molar-refractivity contribution in [1.29, 1.82) is 0 Å². The van der Waals surface area contributed by atoms with Gasteiger partial charge in [0.05, 0.1) is 6.61 Å². The van der Waals surface area contributed by atoms with Gasteiger partial charge in [-0.1, -0.05) is 19.1 Å². The molecule has 0 bridgehead atoms. The van der Waals surface area contributed by atoms with Crippen molar-refractivity contribution in [2.45, 2.75) is 26.4 Å². The smallest absolute Gasteiger partial charge is 0.265 e. The molecule has 2 rings (SSSR count). The van der Waals surface area contributed by atoms with Crippen molar-refractivity contribution in [3.63, 3.8) is 0 Å². The lowest BCUT2D eigenvalue weighted by Gasteiger charge is -2.17. The van der Waals surface area contributed by atoms with Gasteiger partial charge in [-0.15, -0.1) is 0 Å². The van der Waals surface area contributed by atoms with E-state index in [1.807, 2.05) is 13.8 Å². The summed E-state index contributed by atoms with van der Waals surface area (Å²) in [5.74, 6) is 0.000992. The molecule has 0 saturated carbocycles. The summed E-state index contributed by atoms with van der Waals surface area (Å²) < 4.78 is 24.4. The summed E-state index contributed by atoms with van der Waals surface area (Å²) in [6.07, 6.45) is -0.338. The molecule has 2 aromatic carbocycles. The van der Waals surface area contributed by atoms with Gasteiger partial charge in [0.2, 0.25) is 0 Å². The molecule has 1 atom stereocenters. The number of nitrogens with one attached hydrogen (secondary N) is 1. The number of rotatable bonds is 7. The Kier molecular flexibility index (Phi) is 5.97. The normalized spacial score (nSPS) is 11.6. The van der Waals surface area contributed by atoms with Crippen LogP contribution >= 0.6 is 0 Å². The van der Waals surface area contributed by atoms with Crippen LogP contribution < -0.4 is 14.8 Å². The molecule has 0 unspecified atom stereocenters. The average Bonchev–Trinajstić information content (AvgIpc) is 2.56. The van der Waals surface area contributed by atoms with E-state index >= 15 is 0 Å². The standard InChI is InChI=1S/C18H20FNO3/c1-3-16(23-17-8-6-5-7-15(17)19)18(21)20-13-9-11-14(12-10-13)22-4-2/h5-12,16H,3-4H2,1-2H3,(H,20,21)/t16-/m1/s1. The SMILES string of the molecule is CCOc1ccc(NC(=O)[C@@H](CC)Oc2ccccc2F)cc1. The lowest BCUT2D eigenvalue weighted by atomic mass is 10.2. The van der Waals surface area contributed by atoms with Crippen molar-refractivity contribution < 1.29 is 18.7 Å². The van der Waals surface area contributed by atoms with E-state index < -0.39 is 11.9 Å². The number of halogens is 1. The van der Waals surface area contributed by atoms with Crippen LogP contribution in [0.25, 0.3) is 0 Å². The fourth-order valence-corrected chi connectivity index (χ4v) is 2.04. The predicted octanol–water partition coefficient (Wildman–Crippen LogP) is 4.02. The lowest BCUT2D eigenvalue weighted by Crippen LogP contribution is -2.32. The fourth-order valence-electron chi connectivity index (χ4n) is 2.04. The molecule has 23 heavy (non-hydrogen) atoms. The molecule has 0 aliphatic carbocycles. The summed E-state index contributed by atoms with van der Waals surface area (Å²) >= 11 is 0. The van der Waals surface area contributed by atoms with Gasteiger partial charge in [0.25, 0.3) is 5.91 Å². The second-order valence-electron chi connectivity index (χ2n) is 4.89. The van der Waals surface area contributed by atoms with Crippen LogP contribution in [0, 0.1) is 5.82 Å². The molecule has 0 saturated heterocycles. The summed E-state index contributed by atoms with van der Waals surface area (Å²) in [5.41, 5.74) is 0.633. The highest BCUT2D eigenvalue weighted by molar-refractivity contribution is 5.94. The zero-order valence-corrected chi connectivity index (χ0v) is 13.2. The van der Waals surface area contributed by atoms with Crippen LogP contribution in [0.1, 0.15) is 20.3 Å². The van der Waals surface area contributed by atoms with Crippen LogP contribution in [0.2, 0.25) is 0 Å². The summed E-state index contributed by atoms with van der Waals surface area (Å²) in [4.78, 5) is 12.3. The largest absolute Gasteiger partial charge is 0.494 e. The Bertz CT molecular complexity index is 643. The molecule has 0 spiro atoms. The average molecular weight is 317 g/mol. The van der Waals surface area contributed by atoms with E-state index in [4.69, 9.17) is 9.47 Å². The monoisotopic (exact) mass is 317 g/mol. The van der Waals surface area contributed by atoms with Crippen molar-refractivity contribution in [2.75, 3.05) is 11.9 Å². The molecule has 0 radical (unpaired) electrons. The van der Waals surface area contributed by atoms with Gasteiger partial charge in [0.1, 0.15) is 5.75 Å². The Labute approximate surface area is 135 Å². The van der Waals surface area contributed by atoms with Crippen molar-refractivity contribution in [2.24, 2.45) is 0 Å². The Morgan fingerprint density at radius 2 is 1.83 bits per heavy atom. The van der Waals surface area contributed by atoms with Gasteiger partial charge in [0, 0.05) is 5.69 Å². The topological polar surface area (TPSA) is 47.6 Å². The van der Waals surface area contributed by atoms with Gasteiger partial charge < -0.3 is 14.8 Å². The third-order valence-corrected chi connectivity index (χ3v) is 3.20. The lowest BCUT2D eigenvalue weighted by molar-refractivity contribution is -0.122. The summed E-state index contributed by atoms with van der Waals surface area (Å²) in [7, 11) is 0. The molecular weight excluding hydrogens is 297 g/mol. The van der Waals surface area contributed by atoms with E-state index in [0.29, 0.717) is 18.7 Å². The highest BCUT2D eigenvalue weighted by Gasteiger charge is 2.19. The fraction of sp³-hybridized carbons (Fsp3) is 0.278. The molecule has 122 valence electrons. The van der Waals surface area contributed by atoms with E-state index in [1.54, 1.807) is 36.4 Å². The van der Waals surface area contributed by atoms with E-state index in [2.05, 4.69) is 5.32 Å². The number of carbonyl (C=O) groups excluding carboxylic acids is 1. The number of ether oxygens (including phenoxy) is 2. The van der Waals surface area contributed by atoms with Gasteiger partial charge >= 0.3 is 0 Å². The van der Waals surface area contributed by atoms with Crippen molar-refractivity contribution in [1.82, 2.24) is 0 Å². The van der Waals surface area contributed by atoms with Crippen molar-refractivity contribution in [3.05, 3.63) is 54.3 Å². The quantitative estimate of drug-likeness (QED) is 0.839. The molecule has 0 fully saturated rings. The third-order valence-electron chi connectivity index (χ3n) is 3.20. The van der Waals surface area contributed by atoms with Crippen LogP contribution in [0.4, 0.5) is 10.1 Å². The first-order valence-electron chi connectivity index (χ1n) is 7.59. The van der Waals surface area contributed by atoms with E-state index in [0.717, 1.165) is 5.75 Å². The van der Waals surface area contributed by atoms with Crippen LogP contribution in [0.3, 0.4) is 0 Å². The molecule has 5 heteroatoms. The Morgan fingerprint density at radius 1 is 1.13 bits per heavy atom. The zero-order valence-electron chi connectivity index (χ0n) is 13.2. The van der Waals surface area contributed by atoms with Crippen molar-refractivity contribution >= 4 is 11.6 Å². The first-order valence-corrected chi connectivity index (χ1v) is 7.59. The second-order valence-corrected chi connectivity index (χ2v) is 4.89. The molecule has 1 amide bonds. The Balaban J connectivity index is 2.01. The van der Waals surface area contributed by atoms with Crippen LogP contribution in [0.5, 0.6) is 11.5 Å². The van der Waals surface area contributed by atoms with Gasteiger partial charge in [-0.05, 0) is 49.7 Å². The summed E-state index contributed by atoms with van der Waals surface area (Å²) in [6, 6.07) is 13.1. The number of carbonyl (C=O) groups is 1. The number of benzene rings is 2. The molecule has 0 aliphatic rings. The molecule has 4 nitrogen and oxygen atoms in total. The Hall–Kier alpha value is -2.56. The van der Waals surface area contributed by atoms with Gasteiger partial charge in [0.15, 0.2) is 17.7 Å². The third kappa shape index (κ3) is 4.71. The number of hydrogen-bond donors (Lipinski definition) is 1. The molecule has 1 N–H and O–H groups in total. The molecule has 2 aromatic rings. The van der Waals surface area contributed by atoms with Crippen LogP contribution in [0.15, 0.2) is 48.5 Å². The summed E-state index contributed by atoms with van der Waals surface area (Å²) in [5, 5.41) is 2.76. The van der Waals surface area contributed by atoms with Crippen molar-refractivity contribution in [3.8, 4) is 11.5 Å². The minimum Gasteiger partial charge on any atom is -0.494 e. The molecule has 0 aliphatic heterocycles. The van der Waals surface area contributed by atoms with E-state index in [1.165, 1.54) is 12.1 Å². The highest BCUT2D eigenvalue weighted by Crippen LogP contribution is 2.20. The first-order chi connectivity index (χ1) is 11.1. The Morgan fingerprint density at radius 3 is 2.43 bits per heavy atom. The predicted molar refractivity (Wildman–Crippen MR) is 87.3 cm³/mol. The maximum absolute atomic E-state index is 13.6. The first kappa shape index (κ1) is 16.8. The van der Waals surface area contributed by atoms with Gasteiger partial charge in [-0.3, -0.25) is 4.79 Å². The zero-order chi connectivity index (χ0) is 16.7.